The van der Waals surface area contributed by atoms with Crippen LogP contribution in [0.5, 0.6) is 5.75 Å². The van der Waals surface area contributed by atoms with Gasteiger partial charge in [0.2, 0.25) is 0 Å². The number of halogens is 1. The lowest BCUT2D eigenvalue weighted by Gasteiger charge is -2.38. The molecular formula is C18H18FN3O3S. The van der Waals surface area contributed by atoms with Gasteiger partial charge in [-0.2, -0.15) is 0 Å². The second kappa shape index (κ2) is 6.87. The molecule has 1 aliphatic heterocycles. The molecule has 8 heteroatoms. The smallest absolute Gasteiger partial charge is 0.271 e. The molecule has 0 bridgehead atoms. The minimum atomic E-state index is -0.471. The molecule has 0 saturated carbocycles. The molecule has 1 atom stereocenters. The Hall–Kier alpha value is -2.74. The van der Waals surface area contributed by atoms with Crippen molar-refractivity contribution in [3.05, 3.63) is 64.0 Å². The lowest BCUT2D eigenvalue weighted by Crippen LogP contribution is -2.42. The number of rotatable bonds is 3. The Labute approximate surface area is 155 Å². The summed E-state index contributed by atoms with van der Waals surface area (Å²) in [5.41, 5.74) is 0.719. The second-order valence-electron chi connectivity index (χ2n) is 6.71. The van der Waals surface area contributed by atoms with E-state index in [1.54, 1.807) is 18.2 Å². The first kappa shape index (κ1) is 18.1. The number of nitro benzene ring substituents is 1. The van der Waals surface area contributed by atoms with E-state index in [0.29, 0.717) is 28.5 Å². The first-order chi connectivity index (χ1) is 12.2. The number of nitrogens with zero attached hydrogens (tertiary/aromatic N) is 1. The molecule has 2 aromatic carbocycles. The highest BCUT2D eigenvalue weighted by atomic mass is 32.1. The fourth-order valence-electron chi connectivity index (χ4n) is 2.98. The van der Waals surface area contributed by atoms with Gasteiger partial charge < -0.3 is 15.4 Å². The van der Waals surface area contributed by atoms with Gasteiger partial charge in [-0.1, -0.05) is 6.07 Å². The second-order valence-corrected chi connectivity index (χ2v) is 7.11. The molecule has 2 N–H and O–H groups in total. The van der Waals surface area contributed by atoms with Crippen LogP contribution in [0.1, 0.15) is 31.9 Å². The fourth-order valence-corrected chi connectivity index (χ4v) is 3.24. The first-order valence-electron chi connectivity index (χ1n) is 8.04. The van der Waals surface area contributed by atoms with Gasteiger partial charge in [-0.3, -0.25) is 10.1 Å². The minimum Gasteiger partial charge on any atom is -0.487 e. The Morgan fingerprint density at radius 1 is 1.35 bits per heavy atom. The highest BCUT2D eigenvalue weighted by molar-refractivity contribution is 7.80. The number of thiocarbonyl (C=S) groups is 1. The number of nitro groups is 1. The molecule has 136 valence electrons. The van der Waals surface area contributed by atoms with Gasteiger partial charge in [0.05, 0.1) is 11.0 Å². The van der Waals surface area contributed by atoms with E-state index in [1.165, 1.54) is 24.3 Å². The third kappa shape index (κ3) is 4.08. The molecule has 1 heterocycles. The van der Waals surface area contributed by atoms with Crippen molar-refractivity contribution in [2.45, 2.75) is 31.9 Å². The summed E-state index contributed by atoms with van der Waals surface area (Å²) in [7, 11) is 0. The Bertz CT molecular complexity index is 873. The van der Waals surface area contributed by atoms with Crippen LogP contribution in [-0.2, 0) is 0 Å². The number of non-ortho nitro benzene ring substituents is 1. The zero-order valence-corrected chi connectivity index (χ0v) is 15.1. The number of anilines is 1. The monoisotopic (exact) mass is 375 g/mol. The van der Waals surface area contributed by atoms with Crippen LogP contribution < -0.4 is 15.4 Å². The molecule has 26 heavy (non-hydrogen) atoms. The van der Waals surface area contributed by atoms with Crippen LogP contribution in [0.15, 0.2) is 42.5 Å². The van der Waals surface area contributed by atoms with Crippen molar-refractivity contribution in [3.8, 4) is 5.75 Å². The van der Waals surface area contributed by atoms with E-state index in [1.807, 2.05) is 13.8 Å². The summed E-state index contributed by atoms with van der Waals surface area (Å²) < 4.78 is 19.6. The maximum Gasteiger partial charge on any atom is 0.271 e. The van der Waals surface area contributed by atoms with Gasteiger partial charge in [-0.25, -0.2) is 4.39 Å². The Morgan fingerprint density at radius 3 is 2.85 bits per heavy atom. The number of ether oxygens (including phenoxy) is 1. The van der Waals surface area contributed by atoms with Crippen LogP contribution >= 0.6 is 12.2 Å². The van der Waals surface area contributed by atoms with Crippen LogP contribution in [0, 0.1) is 15.9 Å². The van der Waals surface area contributed by atoms with Crippen LogP contribution in [0.2, 0.25) is 0 Å². The third-order valence-electron chi connectivity index (χ3n) is 4.05. The van der Waals surface area contributed by atoms with Crippen LogP contribution in [0.3, 0.4) is 0 Å². The average molecular weight is 375 g/mol. The Balaban J connectivity index is 1.78. The van der Waals surface area contributed by atoms with E-state index >= 15 is 0 Å². The van der Waals surface area contributed by atoms with E-state index in [-0.39, 0.29) is 17.5 Å². The molecule has 0 spiro atoms. The molecule has 3 rings (SSSR count). The van der Waals surface area contributed by atoms with Crippen molar-refractivity contribution in [3.63, 3.8) is 0 Å². The summed E-state index contributed by atoms with van der Waals surface area (Å²) in [5.74, 6) is 0.259. The normalized spacial score (nSPS) is 17.6. The topological polar surface area (TPSA) is 76.4 Å². The van der Waals surface area contributed by atoms with Gasteiger partial charge in [0.15, 0.2) is 5.11 Å². The highest BCUT2D eigenvalue weighted by Gasteiger charge is 2.34. The van der Waals surface area contributed by atoms with Gasteiger partial charge in [0, 0.05) is 29.8 Å². The molecule has 1 unspecified atom stereocenters. The van der Waals surface area contributed by atoms with Gasteiger partial charge in [0.1, 0.15) is 17.2 Å². The quantitative estimate of drug-likeness (QED) is 0.473. The largest absolute Gasteiger partial charge is 0.487 e. The lowest BCUT2D eigenvalue weighted by molar-refractivity contribution is -0.384. The summed E-state index contributed by atoms with van der Waals surface area (Å²) in [4.78, 5) is 10.4. The van der Waals surface area contributed by atoms with Crippen molar-refractivity contribution in [2.75, 3.05) is 5.32 Å². The average Bonchev–Trinajstić information content (AvgIpc) is 2.55. The van der Waals surface area contributed by atoms with Gasteiger partial charge in [0.25, 0.3) is 5.69 Å². The SMILES string of the molecule is CC1(C)CC(NC(=S)Nc2cccc([N+](=O)[O-])c2)c2cc(F)ccc2O1. The first-order valence-corrected chi connectivity index (χ1v) is 8.45. The summed E-state index contributed by atoms with van der Waals surface area (Å²) >= 11 is 5.34. The zero-order chi connectivity index (χ0) is 18.9. The molecule has 0 saturated heterocycles. The number of hydrogen-bond donors (Lipinski definition) is 2. The predicted octanol–water partition coefficient (Wildman–Crippen LogP) is 4.32. The van der Waals surface area contributed by atoms with E-state index in [0.717, 1.165) is 0 Å². The predicted molar refractivity (Wildman–Crippen MR) is 101 cm³/mol. The summed E-state index contributed by atoms with van der Waals surface area (Å²) in [5, 5.41) is 17.3. The fraction of sp³-hybridized carbons (Fsp3) is 0.278. The summed E-state index contributed by atoms with van der Waals surface area (Å²) in [6, 6.07) is 10.2. The van der Waals surface area contributed by atoms with E-state index < -0.39 is 10.5 Å². The van der Waals surface area contributed by atoms with E-state index in [2.05, 4.69) is 10.6 Å². The third-order valence-corrected chi connectivity index (χ3v) is 4.27. The lowest BCUT2D eigenvalue weighted by atomic mass is 9.90. The van der Waals surface area contributed by atoms with Crippen molar-refractivity contribution < 1.29 is 14.1 Å². The van der Waals surface area contributed by atoms with Crippen LogP contribution in [0.25, 0.3) is 0 Å². The number of hydrogen-bond acceptors (Lipinski definition) is 4. The molecule has 2 aromatic rings. The summed E-state index contributed by atoms with van der Waals surface area (Å²) in [6.45, 7) is 3.90. The van der Waals surface area contributed by atoms with Crippen molar-refractivity contribution in [1.82, 2.24) is 5.32 Å². The zero-order valence-electron chi connectivity index (χ0n) is 14.3. The maximum atomic E-state index is 13.7. The molecule has 0 amide bonds. The molecule has 1 aliphatic rings. The molecule has 0 radical (unpaired) electrons. The van der Waals surface area contributed by atoms with Crippen molar-refractivity contribution >= 4 is 28.7 Å². The molecule has 0 fully saturated rings. The highest BCUT2D eigenvalue weighted by Crippen LogP contribution is 2.39. The van der Waals surface area contributed by atoms with E-state index in [4.69, 9.17) is 17.0 Å². The van der Waals surface area contributed by atoms with Gasteiger partial charge in [-0.15, -0.1) is 0 Å². The number of fused-ring (bicyclic) bond motifs is 1. The molecule has 0 aromatic heterocycles. The standard InChI is InChI=1S/C18H18FN3O3S/c1-18(2)10-15(14-8-11(19)6-7-16(14)25-18)21-17(26)20-12-4-3-5-13(9-12)22(23)24/h3-9,15H,10H2,1-2H3,(H2,20,21,26). The van der Waals surface area contributed by atoms with Crippen LogP contribution in [-0.4, -0.2) is 15.6 Å². The van der Waals surface area contributed by atoms with E-state index in [9.17, 15) is 14.5 Å². The van der Waals surface area contributed by atoms with Gasteiger partial charge in [-0.05, 0) is 50.3 Å². The Kier molecular flexibility index (Phi) is 4.78. The molecule has 0 aliphatic carbocycles. The Morgan fingerprint density at radius 2 is 2.12 bits per heavy atom. The number of benzene rings is 2. The summed E-state index contributed by atoms with van der Waals surface area (Å²) in [6.07, 6.45) is 0.584. The number of nitrogens with one attached hydrogen (secondary N) is 2. The van der Waals surface area contributed by atoms with Crippen molar-refractivity contribution in [1.29, 1.82) is 0 Å². The maximum absolute atomic E-state index is 13.7. The van der Waals surface area contributed by atoms with Crippen LogP contribution in [0.4, 0.5) is 15.8 Å². The molecule has 6 nitrogen and oxygen atoms in total. The van der Waals surface area contributed by atoms with Gasteiger partial charge >= 0.3 is 0 Å². The molecular weight excluding hydrogens is 357 g/mol. The van der Waals surface area contributed by atoms with Crippen molar-refractivity contribution in [2.24, 2.45) is 0 Å². The minimum absolute atomic E-state index is 0.0302.